The third-order valence-corrected chi connectivity index (χ3v) is 1.15. The summed E-state index contributed by atoms with van der Waals surface area (Å²) in [5.41, 5.74) is 0.700. The minimum atomic E-state index is -3.91. The summed E-state index contributed by atoms with van der Waals surface area (Å²) in [5.74, 6) is -0.729. The molecule has 0 radical (unpaired) electrons. The van der Waals surface area contributed by atoms with Gasteiger partial charge in [0.15, 0.2) is 0 Å². The maximum atomic E-state index is 10.6. The maximum Gasteiger partial charge on any atom is 0.298 e. The van der Waals surface area contributed by atoms with Gasteiger partial charge in [-0.3, -0.25) is 4.79 Å². The molecule has 0 aliphatic rings. The van der Waals surface area contributed by atoms with Gasteiger partial charge in [0.25, 0.3) is 16.1 Å². The van der Waals surface area contributed by atoms with E-state index in [1.165, 1.54) is 0 Å². The van der Waals surface area contributed by atoms with Crippen molar-refractivity contribution >= 4 is 16.1 Å². The van der Waals surface area contributed by atoms with Crippen molar-refractivity contribution in [2.45, 2.75) is 13.8 Å². The molecule has 0 unspecified atom stereocenters. The Morgan fingerprint density at radius 1 is 1.45 bits per heavy atom. The molecule has 0 saturated carbocycles. The predicted octanol–water partition coefficient (Wildman–Crippen LogP) is -0.728. The van der Waals surface area contributed by atoms with Gasteiger partial charge in [-0.2, -0.15) is 8.42 Å². The molecule has 0 heterocycles. The highest BCUT2D eigenvalue weighted by atomic mass is 32.2. The summed E-state index contributed by atoms with van der Waals surface area (Å²) in [4.78, 5) is 10.6. The molecule has 5 nitrogen and oxygen atoms in total. The Morgan fingerprint density at radius 3 is 2.18 bits per heavy atom. The molecule has 0 aromatic rings. The number of nitrogens with two attached hydrogens (primary N) is 1. The number of carbonyl (C=O) groups excluding carboxylic acids is 1. The summed E-state index contributed by atoms with van der Waals surface area (Å²) in [7, 11) is -3.91. The second-order valence-corrected chi connectivity index (χ2v) is 3.53. The topological polar surface area (TPSA) is 89.3 Å². The largest absolute Gasteiger partial charge is 0.298 e. The first-order valence-corrected chi connectivity index (χ1v) is 4.35. The molecule has 11 heavy (non-hydrogen) atoms. The first-order chi connectivity index (χ1) is 4.81. The number of hydrogen-bond acceptors (Lipinski definition) is 3. The fraction of sp³-hybridized carbons (Fsp3) is 0.400. The van der Waals surface area contributed by atoms with E-state index in [0.29, 0.717) is 5.57 Å². The van der Waals surface area contributed by atoms with Crippen LogP contribution in [0, 0.1) is 0 Å². The van der Waals surface area contributed by atoms with Crippen molar-refractivity contribution < 1.29 is 13.2 Å². The Balaban J connectivity index is 4.23. The Hall–Kier alpha value is -0.880. The van der Waals surface area contributed by atoms with Gasteiger partial charge in [0.2, 0.25) is 0 Å². The Kier molecular flexibility index (Phi) is 3.21. The summed E-state index contributed by atoms with van der Waals surface area (Å²) in [5, 5.41) is 4.52. The SMILES string of the molecule is CC(C)=CC(=O)NS(N)(=O)=O. The summed E-state index contributed by atoms with van der Waals surface area (Å²) in [6.07, 6.45) is 1.14. The van der Waals surface area contributed by atoms with E-state index >= 15 is 0 Å². The third-order valence-electron chi connectivity index (χ3n) is 0.663. The van der Waals surface area contributed by atoms with Crippen molar-refractivity contribution in [3.8, 4) is 0 Å². The minimum Gasteiger partial charge on any atom is -0.269 e. The molecule has 0 spiro atoms. The van der Waals surface area contributed by atoms with E-state index in [9.17, 15) is 13.2 Å². The molecule has 0 saturated heterocycles. The maximum absolute atomic E-state index is 10.6. The number of nitrogens with one attached hydrogen (secondary N) is 1. The van der Waals surface area contributed by atoms with E-state index in [1.807, 2.05) is 0 Å². The lowest BCUT2D eigenvalue weighted by atomic mass is 10.3. The fourth-order valence-electron chi connectivity index (χ4n) is 0.432. The van der Waals surface area contributed by atoms with Crippen LogP contribution in [0.2, 0.25) is 0 Å². The van der Waals surface area contributed by atoms with Crippen LogP contribution in [-0.4, -0.2) is 14.3 Å². The number of amides is 1. The van der Waals surface area contributed by atoms with Crippen molar-refractivity contribution in [2.24, 2.45) is 5.14 Å². The Labute approximate surface area is 65.5 Å². The normalized spacial score (nSPS) is 10.5. The average molecular weight is 178 g/mol. The lowest BCUT2D eigenvalue weighted by Crippen LogP contribution is -2.34. The van der Waals surface area contributed by atoms with Gasteiger partial charge in [-0.1, -0.05) is 5.57 Å². The van der Waals surface area contributed by atoms with E-state index in [-0.39, 0.29) is 0 Å². The van der Waals surface area contributed by atoms with E-state index in [2.05, 4.69) is 5.14 Å². The summed E-state index contributed by atoms with van der Waals surface area (Å²) < 4.78 is 22.1. The molecule has 0 aliphatic heterocycles. The van der Waals surface area contributed by atoms with Gasteiger partial charge in [-0.25, -0.2) is 9.86 Å². The smallest absolute Gasteiger partial charge is 0.269 e. The lowest BCUT2D eigenvalue weighted by Gasteiger charge is -1.96. The number of hydrogen-bond donors (Lipinski definition) is 2. The molecular formula is C5H10N2O3S. The Bertz CT molecular complexity index is 274. The van der Waals surface area contributed by atoms with Crippen LogP contribution in [0.5, 0.6) is 0 Å². The molecule has 0 aromatic carbocycles. The second-order valence-electron chi connectivity index (χ2n) is 2.23. The van der Waals surface area contributed by atoms with Crippen LogP contribution in [-0.2, 0) is 15.0 Å². The van der Waals surface area contributed by atoms with Crippen LogP contribution in [0.4, 0.5) is 0 Å². The average Bonchev–Trinajstić information content (AvgIpc) is 1.53. The van der Waals surface area contributed by atoms with Crippen LogP contribution in [0.25, 0.3) is 0 Å². The first-order valence-electron chi connectivity index (χ1n) is 2.80. The van der Waals surface area contributed by atoms with Gasteiger partial charge in [0.1, 0.15) is 0 Å². The molecule has 0 atom stereocenters. The molecule has 6 heteroatoms. The quantitative estimate of drug-likeness (QED) is 0.546. The summed E-state index contributed by atoms with van der Waals surface area (Å²) in [6, 6.07) is 0. The van der Waals surface area contributed by atoms with Crippen LogP contribution in [0.15, 0.2) is 11.6 Å². The zero-order chi connectivity index (χ0) is 9.07. The third kappa shape index (κ3) is 7.01. The second kappa shape index (κ2) is 3.49. The Morgan fingerprint density at radius 2 is 1.91 bits per heavy atom. The molecule has 1 amide bonds. The number of rotatable bonds is 2. The predicted molar refractivity (Wildman–Crippen MR) is 40.7 cm³/mol. The van der Waals surface area contributed by atoms with E-state index in [1.54, 1.807) is 18.6 Å². The van der Waals surface area contributed by atoms with Crippen molar-refractivity contribution in [1.82, 2.24) is 4.72 Å². The first kappa shape index (κ1) is 10.1. The standard InChI is InChI=1S/C5H10N2O3S/c1-4(2)3-5(8)7-11(6,9)10/h3H,1-2H3,(H,7,8)(H2,6,9,10). The lowest BCUT2D eigenvalue weighted by molar-refractivity contribution is -0.114. The van der Waals surface area contributed by atoms with Crippen molar-refractivity contribution in [3.63, 3.8) is 0 Å². The van der Waals surface area contributed by atoms with Crippen LogP contribution in [0.3, 0.4) is 0 Å². The van der Waals surface area contributed by atoms with Crippen LogP contribution in [0.1, 0.15) is 13.8 Å². The summed E-state index contributed by atoms with van der Waals surface area (Å²) >= 11 is 0. The zero-order valence-electron chi connectivity index (χ0n) is 6.29. The van der Waals surface area contributed by atoms with Gasteiger partial charge >= 0.3 is 0 Å². The van der Waals surface area contributed by atoms with Gasteiger partial charge in [0.05, 0.1) is 0 Å². The monoisotopic (exact) mass is 178 g/mol. The van der Waals surface area contributed by atoms with Gasteiger partial charge in [-0.05, 0) is 13.8 Å². The van der Waals surface area contributed by atoms with Crippen LogP contribution < -0.4 is 9.86 Å². The number of allylic oxidation sites excluding steroid dienone is 1. The molecule has 64 valence electrons. The molecule has 3 N–H and O–H groups in total. The highest BCUT2D eigenvalue weighted by Gasteiger charge is 2.04. The van der Waals surface area contributed by atoms with Crippen molar-refractivity contribution in [2.75, 3.05) is 0 Å². The van der Waals surface area contributed by atoms with E-state index in [4.69, 9.17) is 0 Å². The molecular weight excluding hydrogens is 168 g/mol. The highest BCUT2D eigenvalue weighted by molar-refractivity contribution is 7.87. The van der Waals surface area contributed by atoms with Gasteiger partial charge in [0, 0.05) is 6.08 Å². The highest BCUT2D eigenvalue weighted by Crippen LogP contribution is 1.87. The molecule has 0 aromatic heterocycles. The van der Waals surface area contributed by atoms with Crippen molar-refractivity contribution in [1.29, 1.82) is 0 Å². The summed E-state index contributed by atoms with van der Waals surface area (Å²) in [6.45, 7) is 3.34. The van der Waals surface area contributed by atoms with Gasteiger partial charge in [-0.15, -0.1) is 0 Å². The molecule has 0 bridgehead atoms. The molecule has 0 fully saturated rings. The molecule has 0 rings (SSSR count). The zero-order valence-corrected chi connectivity index (χ0v) is 7.10. The molecule has 0 aliphatic carbocycles. The van der Waals surface area contributed by atoms with E-state index in [0.717, 1.165) is 6.08 Å². The van der Waals surface area contributed by atoms with Gasteiger partial charge < -0.3 is 0 Å². The fourth-order valence-corrected chi connectivity index (χ4v) is 0.771. The number of carbonyl (C=O) groups is 1. The van der Waals surface area contributed by atoms with Crippen molar-refractivity contribution in [3.05, 3.63) is 11.6 Å². The van der Waals surface area contributed by atoms with E-state index < -0.39 is 16.1 Å². The minimum absolute atomic E-state index is 0.700. The van der Waals surface area contributed by atoms with Crippen LogP contribution >= 0.6 is 0 Å².